The summed E-state index contributed by atoms with van der Waals surface area (Å²) < 4.78 is 24.2. The molecule has 0 spiro atoms. The van der Waals surface area contributed by atoms with Crippen molar-refractivity contribution >= 4 is 28.9 Å². The molecule has 1 amide bonds. The van der Waals surface area contributed by atoms with Crippen LogP contribution in [0.1, 0.15) is 44.7 Å². The molecule has 36 heavy (non-hydrogen) atoms. The first-order valence-electron chi connectivity index (χ1n) is 12.3. The second-order valence-electron chi connectivity index (χ2n) is 8.57. The first kappa shape index (κ1) is 25.3. The standard InChI is InChI=1S/C27H33N3O6/c1-6-8-11-16-29-25(31)21(26(32)36-7-2)22(30-19-13-10-9-12-18(19)28-27(29)30)17-14-15-20(33-3)24(35-5)23(17)34-4/h9-10,12-15,21-22H,6-8,11,16H2,1-5H3/t21-,22+/m0/s1. The molecule has 192 valence electrons. The number of fused-ring (bicyclic) bond motifs is 3. The number of hydrogen-bond donors (Lipinski definition) is 0. The molecule has 1 aromatic heterocycles. The normalized spacial score (nSPS) is 17.1. The highest BCUT2D eigenvalue weighted by Gasteiger charge is 2.49. The molecule has 0 saturated carbocycles. The van der Waals surface area contributed by atoms with Gasteiger partial charge in [0.05, 0.1) is 45.0 Å². The van der Waals surface area contributed by atoms with E-state index < -0.39 is 17.9 Å². The van der Waals surface area contributed by atoms with Gasteiger partial charge in [-0.15, -0.1) is 0 Å². The summed E-state index contributed by atoms with van der Waals surface area (Å²) in [5.74, 6) is -0.327. The molecular weight excluding hydrogens is 462 g/mol. The fourth-order valence-corrected chi connectivity index (χ4v) is 4.91. The maximum absolute atomic E-state index is 14.0. The van der Waals surface area contributed by atoms with Crippen LogP contribution in [0.15, 0.2) is 36.4 Å². The van der Waals surface area contributed by atoms with E-state index in [1.54, 1.807) is 24.0 Å². The van der Waals surface area contributed by atoms with Gasteiger partial charge in [0.1, 0.15) is 0 Å². The Morgan fingerprint density at radius 2 is 1.72 bits per heavy atom. The van der Waals surface area contributed by atoms with Crippen LogP contribution < -0.4 is 19.1 Å². The Kier molecular flexibility index (Phi) is 7.67. The highest BCUT2D eigenvalue weighted by Crippen LogP contribution is 2.48. The van der Waals surface area contributed by atoms with E-state index in [-0.39, 0.29) is 12.5 Å². The van der Waals surface area contributed by atoms with Crippen molar-refractivity contribution in [3.8, 4) is 17.2 Å². The summed E-state index contributed by atoms with van der Waals surface area (Å²) >= 11 is 0. The van der Waals surface area contributed by atoms with E-state index in [9.17, 15) is 9.59 Å². The molecule has 2 aromatic carbocycles. The van der Waals surface area contributed by atoms with Crippen molar-refractivity contribution in [2.75, 3.05) is 39.4 Å². The summed E-state index contributed by atoms with van der Waals surface area (Å²) in [6, 6.07) is 10.4. The summed E-state index contributed by atoms with van der Waals surface area (Å²) in [5, 5.41) is 0. The Morgan fingerprint density at radius 1 is 0.972 bits per heavy atom. The third-order valence-electron chi connectivity index (χ3n) is 6.52. The van der Waals surface area contributed by atoms with E-state index in [4.69, 9.17) is 23.9 Å². The first-order valence-corrected chi connectivity index (χ1v) is 12.3. The van der Waals surface area contributed by atoms with Crippen LogP contribution in [0.2, 0.25) is 0 Å². The number of para-hydroxylation sites is 2. The van der Waals surface area contributed by atoms with Gasteiger partial charge in [0.2, 0.25) is 17.6 Å². The fourth-order valence-electron chi connectivity index (χ4n) is 4.91. The lowest BCUT2D eigenvalue weighted by atomic mass is 9.88. The predicted molar refractivity (Wildman–Crippen MR) is 136 cm³/mol. The van der Waals surface area contributed by atoms with E-state index >= 15 is 0 Å². The van der Waals surface area contributed by atoms with Crippen LogP contribution in [-0.2, 0) is 14.3 Å². The van der Waals surface area contributed by atoms with Crippen molar-refractivity contribution < 1.29 is 28.5 Å². The summed E-state index contributed by atoms with van der Waals surface area (Å²) in [7, 11) is 4.58. The van der Waals surface area contributed by atoms with Gasteiger partial charge in [-0.1, -0.05) is 31.9 Å². The molecule has 0 radical (unpaired) electrons. The minimum Gasteiger partial charge on any atom is -0.493 e. The van der Waals surface area contributed by atoms with Gasteiger partial charge in [-0.05, 0) is 37.6 Å². The number of benzene rings is 2. The van der Waals surface area contributed by atoms with Gasteiger partial charge in [-0.3, -0.25) is 14.5 Å². The molecular formula is C27H33N3O6. The van der Waals surface area contributed by atoms with Crippen molar-refractivity contribution in [2.45, 2.75) is 39.2 Å². The summed E-state index contributed by atoms with van der Waals surface area (Å²) in [5.41, 5.74) is 2.13. The van der Waals surface area contributed by atoms with Gasteiger partial charge >= 0.3 is 5.97 Å². The molecule has 0 N–H and O–H groups in total. The molecule has 3 aromatic rings. The van der Waals surface area contributed by atoms with E-state index in [0.29, 0.717) is 35.3 Å². The lowest BCUT2D eigenvalue weighted by Gasteiger charge is -2.38. The van der Waals surface area contributed by atoms with Crippen molar-refractivity contribution in [2.24, 2.45) is 5.92 Å². The quantitative estimate of drug-likeness (QED) is 0.234. The third kappa shape index (κ3) is 4.23. The topological polar surface area (TPSA) is 92.1 Å². The average molecular weight is 496 g/mol. The van der Waals surface area contributed by atoms with E-state index in [1.807, 2.05) is 28.8 Å². The Labute approximate surface area is 210 Å². The summed E-state index contributed by atoms with van der Waals surface area (Å²) in [6.07, 6.45) is 2.76. The molecule has 9 nitrogen and oxygen atoms in total. The Morgan fingerprint density at radius 3 is 2.39 bits per heavy atom. The van der Waals surface area contributed by atoms with Gasteiger partial charge in [-0.25, -0.2) is 4.98 Å². The van der Waals surface area contributed by atoms with Gasteiger partial charge in [0.15, 0.2) is 17.4 Å². The number of hydrogen-bond acceptors (Lipinski definition) is 7. The summed E-state index contributed by atoms with van der Waals surface area (Å²) in [4.78, 5) is 33.9. The lowest BCUT2D eigenvalue weighted by molar-refractivity contribution is -0.153. The first-order chi connectivity index (χ1) is 17.5. The van der Waals surface area contributed by atoms with Crippen LogP contribution >= 0.6 is 0 Å². The number of imidazole rings is 1. The number of anilines is 1. The number of rotatable bonds is 10. The predicted octanol–water partition coefficient (Wildman–Crippen LogP) is 4.37. The van der Waals surface area contributed by atoms with Crippen LogP contribution in [0.3, 0.4) is 0 Å². The minimum absolute atomic E-state index is 0.159. The van der Waals surface area contributed by atoms with Crippen LogP contribution in [0.5, 0.6) is 17.2 Å². The monoisotopic (exact) mass is 495 g/mol. The molecule has 0 unspecified atom stereocenters. The maximum atomic E-state index is 14.0. The van der Waals surface area contributed by atoms with Crippen molar-refractivity contribution in [3.05, 3.63) is 42.0 Å². The fraction of sp³-hybridized carbons (Fsp3) is 0.444. The number of esters is 1. The lowest BCUT2D eigenvalue weighted by Crippen LogP contribution is -2.50. The van der Waals surface area contributed by atoms with Crippen molar-refractivity contribution in [1.82, 2.24) is 9.55 Å². The van der Waals surface area contributed by atoms with Gasteiger partial charge in [0.25, 0.3) is 0 Å². The number of carbonyl (C=O) groups excluding carboxylic acids is 2. The number of aromatic nitrogens is 2. The number of ether oxygens (including phenoxy) is 4. The Bertz CT molecular complexity index is 1250. The number of methoxy groups -OCH3 is 3. The molecule has 2 atom stereocenters. The molecule has 0 fully saturated rings. The van der Waals surface area contributed by atoms with Crippen LogP contribution in [0, 0.1) is 5.92 Å². The molecule has 0 aliphatic carbocycles. The van der Waals surface area contributed by atoms with Crippen LogP contribution in [0.4, 0.5) is 5.95 Å². The summed E-state index contributed by atoms with van der Waals surface area (Å²) in [6.45, 7) is 4.45. The molecule has 0 saturated heterocycles. The molecule has 2 heterocycles. The highest BCUT2D eigenvalue weighted by atomic mass is 16.5. The molecule has 4 rings (SSSR count). The van der Waals surface area contributed by atoms with Crippen LogP contribution in [0.25, 0.3) is 11.0 Å². The zero-order valence-electron chi connectivity index (χ0n) is 21.4. The third-order valence-corrected chi connectivity index (χ3v) is 6.52. The SMILES string of the molecule is CCCCCN1C(=O)[C@@H](C(=O)OCC)[C@@H](c2ccc(OC)c(OC)c2OC)n2c1nc1ccccc12. The van der Waals surface area contributed by atoms with Gasteiger partial charge < -0.3 is 23.5 Å². The highest BCUT2D eigenvalue weighted by molar-refractivity contribution is 6.08. The molecule has 0 bridgehead atoms. The minimum atomic E-state index is -1.14. The molecule has 9 heteroatoms. The van der Waals surface area contributed by atoms with Gasteiger partial charge in [0, 0.05) is 12.1 Å². The van der Waals surface area contributed by atoms with Crippen molar-refractivity contribution in [3.63, 3.8) is 0 Å². The second kappa shape index (κ2) is 10.9. The van der Waals surface area contributed by atoms with Gasteiger partial charge in [-0.2, -0.15) is 0 Å². The molecule has 1 aliphatic rings. The largest absolute Gasteiger partial charge is 0.493 e. The maximum Gasteiger partial charge on any atom is 0.321 e. The Balaban J connectivity index is 2.02. The number of unbranched alkanes of at least 4 members (excludes halogenated alkanes) is 2. The second-order valence-corrected chi connectivity index (χ2v) is 8.57. The number of amides is 1. The Hall–Kier alpha value is -3.75. The number of carbonyl (C=O) groups is 2. The zero-order chi connectivity index (χ0) is 25.8. The average Bonchev–Trinajstić information content (AvgIpc) is 3.27. The van der Waals surface area contributed by atoms with E-state index in [0.717, 1.165) is 30.3 Å². The molecule has 1 aliphatic heterocycles. The van der Waals surface area contributed by atoms with E-state index in [1.165, 1.54) is 21.3 Å². The van der Waals surface area contributed by atoms with Crippen molar-refractivity contribution in [1.29, 1.82) is 0 Å². The zero-order valence-corrected chi connectivity index (χ0v) is 21.4. The van der Waals surface area contributed by atoms with Crippen LogP contribution in [-0.4, -0.2) is 55.9 Å². The smallest absolute Gasteiger partial charge is 0.321 e. The number of nitrogens with zero attached hydrogens (tertiary/aromatic N) is 3. The van der Waals surface area contributed by atoms with E-state index in [2.05, 4.69) is 6.92 Å².